The molecule has 1 saturated carbocycles. The van der Waals surface area contributed by atoms with Crippen molar-refractivity contribution in [1.82, 2.24) is 4.90 Å². The molecule has 32 heavy (non-hydrogen) atoms. The van der Waals surface area contributed by atoms with Crippen LogP contribution < -0.4 is 0 Å². The number of carbonyl (C=O) groups excluding carboxylic acids is 2. The molecule has 4 heteroatoms. The van der Waals surface area contributed by atoms with Gasteiger partial charge in [0.1, 0.15) is 5.75 Å². The SMILES string of the molecule is C=CCC(C1=CCC(=C(C)Cc2ccc(O)cc2)C=C1)N1C(=O)C2C3C=CC(C3)C2C1=O. The van der Waals surface area contributed by atoms with Crippen LogP contribution in [0.3, 0.4) is 0 Å². The van der Waals surface area contributed by atoms with E-state index in [0.717, 1.165) is 30.4 Å². The van der Waals surface area contributed by atoms with E-state index in [1.807, 2.05) is 18.2 Å². The van der Waals surface area contributed by atoms with Crippen molar-refractivity contribution < 1.29 is 14.7 Å². The number of hydrogen-bond acceptors (Lipinski definition) is 3. The number of likely N-dealkylation sites (tertiary alicyclic amines) is 1. The summed E-state index contributed by atoms with van der Waals surface area (Å²) < 4.78 is 0. The maximum Gasteiger partial charge on any atom is 0.234 e. The maximum absolute atomic E-state index is 13.3. The van der Waals surface area contributed by atoms with Gasteiger partial charge in [0.2, 0.25) is 11.8 Å². The van der Waals surface area contributed by atoms with E-state index in [-0.39, 0.29) is 47.3 Å². The van der Waals surface area contributed by atoms with Gasteiger partial charge in [0.25, 0.3) is 0 Å². The molecule has 2 fully saturated rings. The van der Waals surface area contributed by atoms with Crippen molar-refractivity contribution in [3.8, 4) is 5.75 Å². The molecular formula is C28H29NO3. The molecular weight excluding hydrogens is 398 g/mol. The number of phenols is 1. The minimum atomic E-state index is -0.271. The normalized spacial score (nSPS) is 30.5. The van der Waals surface area contributed by atoms with Crippen LogP contribution in [-0.2, 0) is 16.0 Å². The van der Waals surface area contributed by atoms with Gasteiger partial charge in [0.15, 0.2) is 0 Å². The molecule has 0 spiro atoms. The predicted molar refractivity (Wildman–Crippen MR) is 125 cm³/mol. The number of aromatic hydroxyl groups is 1. The number of imide groups is 1. The summed E-state index contributed by atoms with van der Waals surface area (Å²) in [6.45, 7) is 6.02. The summed E-state index contributed by atoms with van der Waals surface area (Å²) in [5.41, 5.74) is 4.70. The van der Waals surface area contributed by atoms with E-state index in [2.05, 4.69) is 43.9 Å². The summed E-state index contributed by atoms with van der Waals surface area (Å²) >= 11 is 0. The fourth-order valence-electron chi connectivity index (χ4n) is 5.94. The van der Waals surface area contributed by atoms with Crippen molar-refractivity contribution in [3.63, 3.8) is 0 Å². The van der Waals surface area contributed by atoms with Crippen LogP contribution in [-0.4, -0.2) is 27.9 Å². The second kappa shape index (κ2) is 8.09. The van der Waals surface area contributed by atoms with Crippen molar-refractivity contribution >= 4 is 11.8 Å². The van der Waals surface area contributed by atoms with Gasteiger partial charge in [-0.3, -0.25) is 14.5 Å². The van der Waals surface area contributed by atoms with Crippen LogP contribution in [0.15, 0.2) is 84.0 Å². The first-order valence-electron chi connectivity index (χ1n) is 11.5. The van der Waals surface area contributed by atoms with Crippen molar-refractivity contribution in [2.45, 2.75) is 38.6 Å². The molecule has 5 atom stereocenters. The number of rotatable bonds is 6. The molecule has 1 heterocycles. The second-order valence-electron chi connectivity index (χ2n) is 9.48. The average molecular weight is 428 g/mol. The molecule has 1 aromatic rings. The molecule has 2 bridgehead atoms. The van der Waals surface area contributed by atoms with Crippen LogP contribution in [0.4, 0.5) is 0 Å². The highest BCUT2D eigenvalue weighted by atomic mass is 16.3. The Labute approximate surface area is 189 Å². The molecule has 1 N–H and O–H groups in total. The largest absolute Gasteiger partial charge is 0.508 e. The van der Waals surface area contributed by atoms with Gasteiger partial charge < -0.3 is 5.11 Å². The first kappa shape index (κ1) is 20.7. The smallest absolute Gasteiger partial charge is 0.234 e. The van der Waals surface area contributed by atoms with Crippen molar-refractivity contribution in [2.75, 3.05) is 0 Å². The van der Waals surface area contributed by atoms with Crippen LogP contribution >= 0.6 is 0 Å². The van der Waals surface area contributed by atoms with E-state index in [1.54, 1.807) is 17.0 Å². The summed E-state index contributed by atoms with van der Waals surface area (Å²) in [6.07, 6.45) is 15.5. The van der Waals surface area contributed by atoms with E-state index in [0.29, 0.717) is 6.42 Å². The molecule has 3 aliphatic carbocycles. The molecule has 4 aliphatic rings. The predicted octanol–water partition coefficient (Wildman–Crippen LogP) is 4.89. The van der Waals surface area contributed by atoms with Gasteiger partial charge in [0.05, 0.1) is 17.9 Å². The standard InChI is InChI=1S/C28H29NO3/c1-3-4-24(29-27(31)25-21-11-12-22(16-21)26(25)28(29)32)20-9-7-19(8-10-20)17(2)15-18-5-13-23(30)14-6-18/h3,5-7,9-14,21-22,24-26,30H,1,4,8,15-16H2,2H3. The van der Waals surface area contributed by atoms with Crippen LogP contribution in [0.1, 0.15) is 31.7 Å². The first-order valence-corrected chi connectivity index (χ1v) is 11.5. The molecule has 5 unspecified atom stereocenters. The molecule has 1 saturated heterocycles. The van der Waals surface area contributed by atoms with Crippen molar-refractivity contribution in [1.29, 1.82) is 0 Å². The molecule has 2 amide bonds. The zero-order valence-electron chi connectivity index (χ0n) is 18.4. The molecule has 1 aliphatic heterocycles. The van der Waals surface area contributed by atoms with E-state index < -0.39 is 0 Å². The van der Waals surface area contributed by atoms with Gasteiger partial charge in [-0.05, 0) is 73.3 Å². The number of amides is 2. The van der Waals surface area contributed by atoms with Gasteiger partial charge in [0, 0.05) is 0 Å². The summed E-state index contributed by atoms with van der Waals surface area (Å²) in [6, 6.07) is 7.03. The fraction of sp³-hybridized carbons (Fsp3) is 0.357. The lowest BCUT2D eigenvalue weighted by molar-refractivity contribution is -0.142. The van der Waals surface area contributed by atoms with Crippen molar-refractivity contribution in [3.05, 3.63) is 89.6 Å². The Bertz CT molecular complexity index is 1060. The zero-order valence-corrected chi connectivity index (χ0v) is 18.4. The molecule has 5 rings (SSSR count). The van der Waals surface area contributed by atoms with Crippen LogP contribution in [0, 0.1) is 23.7 Å². The Kier molecular flexibility index (Phi) is 5.24. The summed E-state index contributed by atoms with van der Waals surface area (Å²) in [7, 11) is 0. The van der Waals surface area contributed by atoms with Crippen LogP contribution in [0.2, 0.25) is 0 Å². The highest BCUT2D eigenvalue weighted by Crippen LogP contribution is 2.53. The minimum absolute atomic E-state index is 0.00264. The average Bonchev–Trinajstić information content (AvgIpc) is 3.48. The van der Waals surface area contributed by atoms with Gasteiger partial charge >= 0.3 is 0 Å². The molecule has 0 aromatic heterocycles. The van der Waals surface area contributed by atoms with E-state index in [4.69, 9.17) is 0 Å². The van der Waals surface area contributed by atoms with E-state index in [9.17, 15) is 14.7 Å². The number of carbonyl (C=O) groups is 2. The Hall–Kier alpha value is -3.14. The lowest BCUT2D eigenvalue weighted by Crippen LogP contribution is -2.42. The lowest BCUT2D eigenvalue weighted by Gasteiger charge is -2.29. The van der Waals surface area contributed by atoms with Gasteiger partial charge in [-0.1, -0.05) is 54.2 Å². The third-order valence-corrected chi connectivity index (χ3v) is 7.58. The van der Waals surface area contributed by atoms with E-state index in [1.165, 1.54) is 11.1 Å². The summed E-state index contributed by atoms with van der Waals surface area (Å²) in [5, 5.41) is 9.48. The fourth-order valence-corrected chi connectivity index (χ4v) is 5.94. The highest BCUT2D eigenvalue weighted by molar-refractivity contribution is 6.07. The summed E-state index contributed by atoms with van der Waals surface area (Å²) in [4.78, 5) is 28.2. The van der Waals surface area contributed by atoms with Gasteiger partial charge in [-0.25, -0.2) is 0 Å². The Morgan fingerprint density at radius 1 is 1.12 bits per heavy atom. The molecule has 0 radical (unpaired) electrons. The van der Waals surface area contributed by atoms with Crippen molar-refractivity contribution in [2.24, 2.45) is 23.7 Å². The van der Waals surface area contributed by atoms with E-state index >= 15 is 0 Å². The number of allylic oxidation sites excluding steroid dienone is 6. The topological polar surface area (TPSA) is 57.6 Å². The third-order valence-electron chi connectivity index (χ3n) is 7.58. The molecule has 4 nitrogen and oxygen atoms in total. The number of nitrogens with zero attached hydrogens (tertiary/aromatic N) is 1. The first-order chi connectivity index (χ1) is 15.5. The van der Waals surface area contributed by atoms with Crippen LogP contribution in [0.5, 0.6) is 5.75 Å². The Morgan fingerprint density at radius 3 is 2.34 bits per heavy atom. The number of fused-ring (bicyclic) bond motifs is 5. The molecule has 164 valence electrons. The maximum atomic E-state index is 13.3. The third kappa shape index (κ3) is 3.38. The van der Waals surface area contributed by atoms with Gasteiger partial charge in [-0.15, -0.1) is 6.58 Å². The monoisotopic (exact) mass is 427 g/mol. The molecule has 1 aromatic carbocycles. The van der Waals surface area contributed by atoms with Crippen LogP contribution in [0.25, 0.3) is 0 Å². The minimum Gasteiger partial charge on any atom is -0.508 e. The van der Waals surface area contributed by atoms with Gasteiger partial charge in [-0.2, -0.15) is 0 Å². The number of phenolic OH excluding ortho intramolecular Hbond substituents is 1. The number of hydrogen-bond donors (Lipinski definition) is 1. The highest BCUT2D eigenvalue weighted by Gasteiger charge is 2.60. The zero-order chi connectivity index (χ0) is 22.4. The Morgan fingerprint density at radius 2 is 1.78 bits per heavy atom. The number of benzene rings is 1. The lowest BCUT2D eigenvalue weighted by atomic mass is 9.85. The summed E-state index contributed by atoms with van der Waals surface area (Å²) in [5.74, 6) is 0.400. The quantitative estimate of drug-likeness (QED) is 0.519. The Balaban J connectivity index is 1.34. The second-order valence-corrected chi connectivity index (χ2v) is 9.48.